The smallest absolute Gasteiger partial charge is 0.262 e. The van der Waals surface area contributed by atoms with Crippen molar-refractivity contribution in [3.8, 4) is 0 Å². The molecule has 0 spiro atoms. The van der Waals surface area contributed by atoms with E-state index < -0.39 is 6.04 Å². The molecule has 1 aliphatic rings. The molecule has 7 heteroatoms. The Morgan fingerprint density at radius 2 is 1.86 bits per heavy atom. The van der Waals surface area contributed by atoms with Crippen molar-refractivity contribution in [2.24, 2.45) is 5.41 Å². The molecule has 2 aromatic rings. The normalized spacial score (nSPS) is 16.5. The van der Waals surface area contributed by atoms with Crippen molar-refractivity contribution in [3.63, 3.8) is 0 Å². The van der Waals surface area contributed by atoms with Crippen LogP contribution >= 0.6 is 23.7 Å². The number of rotatable bonds is 7. The van der Waals surface area contributed by atoms with Gasteiger partial charge in [-0.05, 0) is 48.4 Å². The summed E-state index contributed by atoms with van der Waals surface area (Å²) in [5.41, 5.74) is 1.13. The molecule has 1 aliphatic heterocycles. The van der Waals surface area contributed by atoms with Gasteiger partial charge in [0.1, 0.15) is 6.04 Å². The SMILES string of the molecule is CC1(CNC(=O)C(Cc2ccccc2)NC(=O)c2cccs2)CCNCC1.Cl. The van der Waals surface area contributed by atoms with E-state index in [-0.39, 0.29) is 29.6 Å². The molecule has 1 fully saturated rings. The van der Waals surface area contributed by atoms with Gasteiger partial charge in [-0.2, -0.15) is 0 Å². The standard InChI is InChI=1S/C21H27N3O2S.ClH/c1-21(9-11-22-12-10-21)15-23-19(25)17(14-16-6-3-2-4-7-16)24-20(26)18-8-5-13-27-18;/h2-8,13,17,22H,9-12,14-15H2,1H3,(H,23,25)(H,24,26);1H. The lowest BCUT2D eigenvalue weighted by Crippen LogP contribution is -2.51. The summed E-state index contributed by atoms with van der Waals surface area (Å²) in [7, 11) is 0. The number of benzene rings is 1. The molecule has 1 atom stereocenters. The average molecular weight is 422 g/mol. The van der Waals surface area contributed by atoms with Crippen molar-refractivity contribution in [2.75, 3.05) is 19.6 Å². The number of piperidine rings is 1. The lowest BCUT2D eigenvalue weighted by atomic mass is 9.81. The topological polar surface area (TPSA) is 70.2 Å². The van der Waals surface area contributed by atoms with Gasteiger partial charge in [0, 0.05) is 13.0 Å². The maximum absolute atomic E-state index is 12.9. The number of carbonyl (C=O) groups excluding carboxylic acids is 2. The molecule has 1 unspecified atom stereocenters. The number of thiophene rings is 1. The lowest BCUT2D eigenvalue weighted by molar-refractivity contribution is -0.123. The molecule has 0 bridgehead atoms. The van der Waals surface area contributed by atoms with E-state index in [2.05, 4.69) is 22.9 Å². The summed E-state index contributed by atoms with van der Waals surface area (Å²) in [5.74, 6) is -0.322. The fourth-order valence-electron chi connectivity index (χ4n) is 3.33. The van der Waals surface area contributed by atoms with Crippen molar-refractivity contribution < 1.29 is 9.59 Å². The third-order valence-corrected chi connectivity index (χ3v) is 6.02. The van der Waals surface area contributed by atoms with Gasteiger partial charge >= 0.3 is 0 Å². The molecule has 3 N–H and O–H groups in total. The number of hydrogen-bond donors (Lipinski definition) is 3. The highest BCUT2D eigenvalue weighted by Gasteiger charge is 2.29. The summed E-state index contributed by atoms with van der Waals surface area (Å²) < 4.78 is 0. The Labute approximate surface area is 176 Å². The second-order valence-corrected chi connectivity index (χ2v) is 8.42. The Morgan fingerprint density at radius 1 is 1.14 bits per heavy atom. The van der Waals surface area contributed by atoms with Gasteiger partial charge in [-0.1, -0.05) is 43.3 Å². The molecule has 1 saturated heterocycles. The summed E-state index contributed by atoms with van der Waals surface area (Å²) >= 11 is 1.38. The molecule has 2 heterocycles. The van der Waals surface area contributed by atoms with Crippen LogP contribution in [-0.2, 0) is 11.2 Å². The first-order chi connectivity index (χ1) is 13.1. The van der Waals surface area contributed by atoms with Gasteiger partial charge in [-0.3, -0.25) is 9.59 Å². The van der Waals surface area contributed by atoms with E-state index in [1.165, 1.54) is 11.3 Å². The van der Waals surface area contributed by atoms with Gasteiger partial charge in [0.15, 0.2) is 0 Å². The molecule has 2 amide bonds. The van der Waals surface area contributed by atoms with Crippen molar-refractivity contribution in [1.82, 2.24) is 16.0 Å². The molecule has 1 aromatic heterocycles. The Morgan fingerprint density at radius 3 is 2.50 bits per heavy atom. The van der Waals surface area contributed by atoms with Gasteiger partial charge in [0.25, 0.3) is 5.91 Å². The first-order valence-electron chi connectivity index (χ1n) is 9.42. The van der Waals surface area contributed by atoms with Crippen LogP contribution in [0, 0.1) is 5.41 Å². The second kappa shape index (κ2) is 10.6. The molecule has 0 radical (unpaired) electrons. The largest absolute Gasteiger partial charge is 0.354 e. The highest BCUT2D eigenvalue weighted by atomic mass is 35.5. The molecule has 28 heavy (non-hydrogen) atoms. The summed E-state index contributed by atoms with van der Waals surface area (Å²) in [4.78, 5) is 26.0. The van der Waals surface area contributed by atoms with E-state index in [4.69, 9.17) is 0 Å². The zero-order valence-corrected chi connectivity index (χ0v) is 17.7. The Kier molecular flexibility index (Phi) is 8.48. The fourth-order valence-corrected chi connectivity index (χ4v) is 3.95. The summed E-state index contributed by atoms with van der Waals surface area (Å²) in [6.07, 6.45) is 2.55. The Hall–Kier alpha value is -1.89. The zero-order valence-electron chi connectivity index (χ0n) is 16.1. The number of hydrogen-bond acceptors (Lipinski definition) is 4. The van der Waals surface area contributed by atoms with Crippen molar-refractivity contribution in [3.05, 3.63) is 58.3 Å². The first kappa shape index (κ1) is 22.4. The minimum atomic E-state index is -0.590. The van der Waals surface area contributed by atoms with Gasteiger partial charge in [-0.15, -0.1) is 23.7 Å². The van der Waals surface area contributed by atoms with Crippen LogP contribution in [0.5, 0.6) is 0 Å². The minimum Gasteiger partial charge on any atom is -0.354 e. The van der Waals surface area contributed by atoms with E-state index in [1.807, 2.05) is 41.8 Å². The van der Waals surface area contributed by atoms with Gasteiger partial charge < -0.3 is 16.0 Å². The summed E-state index contributed by atoms with van der Waals surface area (Å²) in [5, 5.41) is 11.2. The van der Waals surface area contributed by atoms with Gasteiger partial charge in [-0.25, -0.2) is 0 Å². The summed E-state index contributed by atoms with van der Waals surface area (Å²) in [6, 6.07) is 12.8. The minimum absolute atomic E-state index is 0. The van der Waals surface area contributed by atoms with Crippen LogP contribution in [0.15, 0.2) is 47.8 Å². The molecule has 3 rings (SSSR count). The number of halogens is 1. The molecular formula is C21H28ClN3O2S. The van der Waals surface area contributed by atoms with Crippen LogP contribution in [0.1, 0.15) is 35.0 Å². The Balaban J connectivity index is 0.00000280. The third kappa shape index (κ3) is 6.33. The number of carbonyl (C=O) groups is 2. The maximum atomic E-state index is 12.9. The number of nitrogens with one attached hydrogen (secondary N) is 3. The third-order valence-electron chi connectivity index (χ3n) is 5.15. The van der Waals surface area contributed by atoms with E-state index in [1.54, 1.807) is 6.07 Å². The van der Waals surface area contributed by atoms with Crippen LogP contribution in [0.25, 0.3) is 0 Å². The average Bonchev–Trinajstić information content (AvgIpc) is 3.22. The molecular weight excluding hydrogens is 394 g/mol. The van der Waals surface area contributed by atoms with Crippen LogP contribution in [0.4, 0.5) is 0 Å². The van der Waals surface area contributed by atoms with Crippen LogP contribution in [-0.4, -0.2) is 37.5 Å². The molecule has 0 aliphatic carbocycles. The first-order valence-corrected chi connectivity index (χ1v) is 10.3. The monoisotopic (exact) mass is 421 g/mol. The van der Waals surface area contributed by atoms with Crippen LogP contribution in [0.3, 0.4) is 0 Å². The van der Waals surface area contributed by atoms with Crippen molar-refractivity contribution in [2.45, 2.75) is 32.2 Å². The maximum Gasteiger partial charge on any atom is 0.262 e. The quantitative estimate of drug-likeness (QED) is 0.643. The molecule has 1 aromatic carbocycles. The van der Waals surface area contributed by atoms with E-state index >= 15 is 0 Å². The second-order valence-electron chi connectivity index (χ2n) is 7.47. The van der Waals surface area contributed by atoms with Crippen molar-refractivity contribution >= 4 is 35.6 Å². The molecule has 152 valence electrons. The fraction of sp³-hybridized carbons (Fsp3) is 0.429. The highest BCUT2D eigenvalue weighted by molar-refractivity contribution is 7.12. The predicted octanol–water partition coefficient (Wildman–Crippen LogP) is 3.02. The molecule has 5 nitrogen and oxygen atoms in total. The molecule has 0 saturated carbocycles. The van der Waals surface area contributed by atoms with Crippen molar-refractivity contribution in [1.29, 1.82) is 0 Å². The van der Waals surface area contributed by atoms with E-state index in [0.717, 1.165) is 31.5 Å². The van der Waals surface area contributed by atoms with E-state index in [0.29, 0.717) is 17.8 Å². The summed E-state index contributed by atoms with van der Waals surface area (Å²) in [6.45, 7) is 4.81. The predicted molar refractivity (Wildman–Crippen MR) is 116 cm³/mol. The zero-order chi connectivity index (χ0) is 19.1. The lowest BCUT2D eigenvalue weighted by Gasteiger charge is -2.34. The van der Waals surface area contributed by atoms with Crippen LogP contribution in [0.2, 0.25) is 0 Å². The van der Waals surface area contributed by atoms with E-state index in [9.17, 15) is 9.59 Å². The Bertz CT molecular complexity index is 746. The number of amides is 2. The van der Waals surface area contributed by atoms with Gasteiger partial charge in [0.2, 0.25) is 5.91 Å². The van der Waals surface area contributed by atoms with Gasteiger partial charge in [0.05, 0.1) is 4.88 Å². The highest BCUT2D eigenvalue weighted by Crippen LogP contribution is 2.26. The van der Waals surface area contributed by atoms with Crippen LogP contribution < -0.4 is 16.0 Å².